The van der Waals surface area contributed by atoms with Crippen molar-refractivity contribution in [3.63, 3.8) is 0 Å². The van der Waals surface area contributed by atoms with Gasteiger partial charge < -0.3 is 9.57 Å². The van der Waals surface area contributed by atoms with E-state index < -0.39 is 27.7 Å². The first-order chi connectivity index (χ1) is 14.8. The van der Waals surface area contributed by atoms with Crippen molar-refractivity contribution in [1.29, 1.82) is 0 Å². The Labute approximate surface area is 180 Å². The summed E-state index contributed by atoms with van der Waals surface area (Å²) in [7, 11) is -1.08. The van der Waals surface area contributed by atoms with Gasteiger partial charge in [0, 0.05) is 22.0 Å². The van der Waals surface area contributed by atoms with Gasteiger partial charge in [0.25, 0.3) is 5.09 Å². The van der Waals surface area contributed by atoms with Crippen molar-refractivity contribution in [2.24, 2.45) is 0 Å². The molecule has 31 heavy (non-hydrogen) atoms. The van der Waals surface area contributed by atoms with E-state index in [-0.39, 0.29) is 19.6 Å². The van der Waals surface area contributed by atoms with Crippen molar-refractivity contribution >= 4 is 34.0 Å². The molecule has 1 atom stereocenters. The third-order valence-electron chi connectivity index (χ3n) is 4.84. The largest absolute Gasteiger partial charge is 0.463 e. The Morgan fingerprint density at radius 2 is 1.87 bits per heavy atom. The van der Waals surface area contributed by atoms with Crippen molar-refractivity contribution in [3.8, 4) is 0 Å². The van der Waals surface area contributed by atoms with E-state index in [0.29, 0.717) is 16.0 Å². The van der Waals surface area contributed by atoms with Gasteiger partial charge in [-0.3, -0.25) is 9.00 Å². The van der Waals surface area contributed by atoms with Gasteiger partial charge in [-0.15, -0.1) is 10.1 Å². The van der Waals surface area contributed by atoms with Crippen molar-refractivity contribution < 1.29 is 28.1 Å². The second-order valence-electron chi connectivity index (χ2n) is 6.83. The fourth-order valence-corrected chi connectivity index (χ4v) is 3.89. The van der Waals surface area contributed by atoms with E-state index in [0.717, 1.165) is 22.3 Å². The van der Waals surface area contributed by atoms with Gasteiger partial charge in [-0.05, 0) is 70.7 Å². The van der Waals surface area contributed by atoms with Crippen LogP contribution in [-0.4, -0.2) is 34.7 Å². The summed E-state index contributed by atoms with van der Waals surface area (Å²) in [6.07, 6.45) is 3.43. The minimum atomic E-state index is -1.08. The predicted octanol–water partition coefficient (Wildman–Crippen LogP) is 4.03. The lowest BCUT2D eigenvalue weighted by Gasteiger charge is -2.07. The monoisotopic (exact) mass is 445 g/mol. The molecule has 2 aromatic rings. The van der Waals surface area contributed by atoms with Gasteiger partial charge >= 0.3 is 5.97 Å². The average molecular weight is 445 g/mol. The summed E-state index contributed by atoms with van der Waals surface area (Å²) in [4.78, 5) is 27.2. The molecule has 0 N–H and O–H groups in total. The molecule has 0 aliphatic heterocycles. The van der Waals surface area contributed by atoms with Crippen LogP contribution < -0.4 is 0 Å². The molecule has 3 rings (SSSR count). The van der Waals surface area contributed by atoms with Crippen LogP contribution in [0.2, 0.25) is 0 Å². The topological polar surface area (TPSA) is 95.7 Å². The van der Waals surface area contributed by atoms with Gasteiger partial charge in [0.1, 0.15) is 19.0 Å². The van der Waals surface area contributed by atoms with E-state index in [1.807, 2.05) is 25.1 Å². The van der Waals surface area contributed by atoms with Gasteiger partial charge in [0.05, 0.1) is 6.42 Å². The highest BCUT2D eigenvalue weighted by Gasteiger charge is 2.26. The Balaban J connectivity index is 1.87. The molecule has 0 saturated heterocycles. The number of benzene rings is 2. The lowest BCUT2D eigenvalue weighted by molar-refractivity contribution is -0.757. The summed E-state index contributed by atoms with van der Waals surface area (Å²) in [6.45, 7) is 1.24. The van der Waals surface area contributed by atoms with Crippen LogP contribution in [0, 0.1) is 15.9 Å². The summed E-state index contributed by atoms with van der Waals surface area (Å²) in [5.74, 6) is -1.01. The maximum atomic E-state index is 13.9. The van der Waals surface area contributed by atoms with Crippen LogP contribution in [0.1, 0.15) is 30.0 Å². The smallest absolute Gasteiger partial charge is 0.310 e. The molecule has 9 heteroatoms. The summed E-state index contributed by atoms with van der Waals surface area (Å²) in [5.41, 5.74) is 4.56. The van der Waals surface area contributed by atoms with E-state index in [1.165, 1.54) is 12.1 Å². The Morgan fingerprint density at radius 3 is 2.52 bits per heavy atom. The van der Waals surface area contributed by atoms with Gasteiger partial charge in [-0.1, -0.05) is 18.2 Å². The average Bonchev–Trinajstić information content (AvgIpc) is 2.96. The molecule has 1 aliphatic rings. The quantitative estimate of drug-likeness (QED) is 0.263. The lowest BCUT2D eigenvalue weighted by Crippen LogP contribution is -2.13. The van der Waals surface area contributed by atoms with E-state index in [9.17, 15) is 23.5 Å². The van der Waals surface area contributed by atoms with Crippen LogP contribution >= 0.6 is 0 Å². The molecule has 0 radical (unpaired) electrons. The number of nitrogens with zero attached hydrogens (tertiary/aromatic N) is 1. The SMILES string of the molecule is CC1=C(CC(=O)OCCO[N+](=O)[O-])c2cc(F)ccc2/C1=C\c1ccc(S(C)=O)cc1. The molecule has 0 fully saturated rings. The van der Waals surface area contributed by atoms with Crippen LogP contribution in [-0.2, 0) is 25.2 Å². The summed E-state index contributed by atoms with van der Waals surface area (Å²) in [6, 6.07) is 11.7. The second kappa shape index (κ2) is 9.65. The summed E-state index contributed by atoms with van der Waals surface area (Å²) < 4.78 is 30.5. The fraction of sp³-hybridized carbons (Fsp3) is 0.227. The maximum absolute atomic E-state index is 13.9. The van der Waals surface area contributed by atoms with Crippen LogP contribution in [0.3, 0.4) is 0 Å². The molecule has 2 aromatic carbocycles. The third-order valence-corrected chi connectivity index (χ3v) is 5.78. The van der Waals surface area contributed by atoms with E-state index in [1.54, 1.807) is 24.5 Å². The Hall–Kier alpha value is -3.33. The van der Waals surface area contributed by atoms with Crippen LogP contribution in [0.5, 0.6) is 0 Å². The number of hydrogen-bond acceptors (Lipinski definition) is 6. The Bertz CT molecular complexity index is 1110. The highest BCUT2D eigenvalue weighted by Crippen LogP contribution is 2.44. The Kier molecular flexibility index (Phi) is 6.96. The maximum Gasteiger partial charge on any atom is 0.310 e. The number of halogens is 1. The fourth-order valence-electron chi connectivity index (χ4n) is 3.37. The van der Waals surface area contributed by atoms with E-state index in [2.05, 4.69) is 4.84 Å². The van der Waals surface area contributed by atoms with Gasteiger partial charge in [-0.25, -0.2) is 4.39 Å². The van der Waals surface area contributed by atoms with Gasteiger partial charge in [0.2, 0.25) is 0 Å². The zero-order chi connectivity index (χ0) is 22.5. The second-order valence-corrected chi connectivity index (χ2v) is 8.21. The first kappa shape index (κ1) is 22.4. The highest BCUT2D eigenvalue weighted by atomic mass is 32.2. The highest BCUT2D eigenvalue weighted by molar-refractivity contribution is 7.84. The van der Waals surface area contributed by atoms with Crippen molar-refractivity contribution in [2.45, 2.75) is 18.2 Å². The molecule has 162 valence electrons. The number of carbonyl (C=O) groups excluding carboxylic acids is 1. The Morgan fingerprint density at radius 1 is 1.16 bits per heavy atom. The van der Waals surface area contributed by atoms with Crippen molar-refractivity contribution in [3.05, 3.63) is 80.7 Å². The van der Waals surface area contributed by atoms with Crippen LogP contribution in [0.4, 0.5) is 4.39 Å². The molecule has 1 unspecified atom stereocenters. The molecule has 1 aliphatic carbocycles. The number of allylic oxidation sites excluding steroid dienone is 2. The molecule has 0 bridgehead atoms. The first-order valence-corrected chi connectivity index (χ1v) is 10.9. The molecular weight excluding hydrogens is 425 g/mol. The molecular formula is C22H20FNO6S. The standard InChI is InChI=1S/C22H20FNO6S/c1-14-19(11-15-3-6-17(7-4-15)31(2)28)18-8-5-16(23)12-21(18)20(14)13-22(25)29-9-10-30-24(26)27/h3-8,11-12H,9-10,13H2,1-2H3/b19-11-. The zero-order valence-electron chi connectivity index (χ0n) is 16.9. The third kappa shape index (κ3) is 5.43. The minimum Gasteiger partial charge on any atom is -0.463 e. The van der Waals surface area contributed by atoms with Crippen LogP contribution in [0.25, 0.3) is 17.2 Å². The number of carbonyl (C=O) groups is 1. The predicted molar refractivity (Wildman–Crippen MR) is 114 cm³/mol. The molecule has 0 saturated carbocycles. The molecule has 0 spiro atoms. The van der Waals surface area contributed by atoms with E-state index >= 15 is 0 Å². The van der Waals surface area contributed by atoms with Crippen molar-refractivity contribution in [1.82, 2.24) is 0 Å². The molecule has 7 nitrogen and oxygen atoms in total. The number of fused-ring (bicyclic) bond motifs is 1. The molecule has 0 amide bonds. The minimum absolute atomic E-state index is 0.105. The van der Waals surface area contributed by atoms with Gasteiger partial charge in [-0.2, -0.15) is 0 Å². The zero-order valence-corrected chi connectivity index (χ0v) is 17.7. The lowest BCUT2D eigenvalue weighted by atomic mass is 10.0. The van der Waals surface area contributed by atoms with E-state index in [4.69, 9.17) is 4.74 Å². The van der Waals surface area contributed by atoms with Gasteiger partial charge in [0.15, 0.2) is 0 Å². The normalized spacial score (nSPS) is 15.0. The summed E-state index contributed by atoms with van der Waals surface area (Å²) >= 11 is 0. The molecule has 0 aromatic heterocycles. The first-order valence-electron chi connectivity index (χ1n) is 9.35. The van der Waals surface area contributed by atoms with Crippen LogP contribution in [0.15, 0.2) is 52.9 Å². The van der Waals surface area contributed by atoms with Crippen molar-refractivity contribution in [2.75, 3.05) is 19.5 Å². The number of rotatable bonds is 8. The number of ether oxygens (including phenoxy) is 1. The number of hydrogen-bond donors (Lipinski definition) is 0. The summed E-state index contributed by atoms with van der Waals surface area (Å²) in [5, 5.41) is 9.19. The number of esters is 1. The molecule has 0 heterocycles.